The molecule has 0 bridgehead atoms. The Bertz CT molecular complexity index is 719. The number of nitrogens with zero attached hydrogens (tertiary/aromatic N) is 1. The summed E-state index contributed by atoms with van der Waals surface area (Å²) in [5.41, 5.74) is 1.04. The highest BCUT2D eigenvalue weighted by molar-refractivity contribution is 14.1. The molecule has 0 spiro atoms. The molecule has 2 rings (SSSR count). The molecule has 1 saturated heterocycles. The fraction of sp³-hybridized carbons (Fsp3) is 0.385. The third-order valence-electron chi connectivity index (χ3n) is 3.33. The van der Waals surface area contributed by atoms with E-state index in [9.17, 15) is 18.0 Å². The normalized spacial score (nSPS) is 18.6. The van der Waals surface area contributed by atoms with Crippen LogP contribution in [0.15, 0.2) is 18.2 Å². The minimum atomic E-state index is -3.61. The number of halogens is 1. The predicted molar refractivity (Wildman–Crippen MR) is 88.9 cm³/mol. The van der Waals surface area contributed by atoms with Crippen molar-refractivity contribution in [3.8, 4) is 0 Å². The van der Waals surface area contributed by atoms with Crippen molar-refractivity contribution in [2.24, 2.45) is 11.1 Å². The number of primary sulfonamides is 1. The van der Waals surface area contributed by atoms with Crippen molar-refractivity contribution in [2.75, 3.05) is 24.3 Å². The first kappa shape index (κ1) is 17.2. The molecular weight excluding hydrogens is 423 g/mol. The molecule has 1 unspecified atom stereocenters. The average Bonchev–Trinajstić information content (AvgIpc) is 2.76. The smallest absolute Gasteiger partial charge is 0.337 e. The Morgan fingerprint density at radius 1 is 1.50 bits per heavy atom. The Morgan fingerprint density at radius 3 is 2.73 bits per heavy atom. The molecule has 1 heterocycles. The molecule has 0 radical (unpaired) electrons. The number of carbonyl (C=O) groups is 2. The van der Waals surface area contributed by atoms with E-state index in [1.807, 2.05) is 22.6 Å². The van der Waals surface area contributed by atoms with Crippen LogP contribution in [-0.2, 0) is 19.6 Å². The highest BCUT2D eigenvalue weighted by atomic mass is 127. The molecule has 1 aliphatic heterocycles. The summed E-state index contributed by atoms with van der Waals surface area (Å²) in [6, 6.07) is 4.86. The van der Waals surface area contributed by atoms with Crippen LogP contribution in [0, 0.1) is 9.49 Å². The number of carbonyl (C=O) groups excluding carboxylic acids is 2. The maximum Gasteiger partial charge on any atom is 0.337 e. The van der Waals surface area contributed by atoms with E-state index in [0.717, 1.165) is 0 Å². The number of hydrogen-bond acceptors (Lipinski definition) is 5. The van der Waals surface area contributed by atoms with Crippen molar-refractivity contribution < 1.29 is 22.7 Å². The van der Waals surface area contributed by atoms with Gasteiger partial charge in [-0.15, -0.1) is 0 Å². The van der Waals surface area contributed by atoms with Crippen molar-refractivity contribution in [3.05, 3.63) is 27.3 Å². The monoisotopic (exact) mass is 438 g/mol. The van der Waals surface area contributed by atoms with Gasteiger partial charge in [-0.1, -0.05) is 0 Å². The van der Waals surface area contributed by atoms with Gasteiger partial charge in [-0.05, 0) is 40.8 Å². The van der Waals surface area contributed by atoms with E-state index in [1.165, 1.54) is 12.0 Å². The minimum absolute atomic E-state index is 0.144. The lowest BCUT2D eigenvalue weighted by molar-refractivity contribution is -0.117. The van der Waals surface area contributed by atoms with Crippen LogP contribution in [0.2, 0.25) is 0 Å². The molecule has 0 saturated carbocycles. The molecule has 1 atom stereocenters. The fourth-order valence-electron chi connectivity index (χ4n) is 2.43. The van der Waals surface area contributed by atoms with Gasteiger partial charge in [-0.25, -0.2) is 18.4 Å². The van der Waals surface area contributed by atoms with Crippen LogP contribution < -0.4 is 10.0 Å². The molecule has 1 fully saturated rings. The number of rotatable bonds is 4. The van der Waals surface area contributed by atoms with Gasteiger partial charge in [0.2, 0.25) is 15.9 Å². The minimum Gasteiger partial charge on any atom is -0.465 e. The third-order valence-corrected chi connectivity index (χ3v) is 5.13. The second-order valence-electron chi connectivity index (χ2n) is 5.06. The fourth-order valence-corrected chi connectivity index (χ4v) is 4.11. The number of ether oxygens (including phenoxy) is 1. The van der Waals surface area contributed by atoms with Gasteiger partial charge >= 0.3 is 5.97 Å². The molecular formula is C13H15IN2O5S. The summed E-state index contributed by atoms with van der Waals surface area (Å²) in [5, 5.41) is 5.03. The molecule has 0 aromatic heterocycles. The van der Waals surface area contributed by atoms with Crippen LogP contribution in [0.1, 0.15) is 16.8 Å². The van der Waals surface area contributed by atoms with Crippen LogP contribution in [0.25, 0.3) is 0 Å². The van der Waals surface area contributed by atoms with Gasteiger partial charge in [-0.2, -0.15) is 0 Å². The molecule has 120 valence electrons. The van der Waals surface area contributed by atoms with Crippen molar-refractivity contribution in [1.82, 2.24) is 0 Å². The van der Waals surface area contributed by atoms with Crippen LogP contribution >= 0.6 is 22.6 Å². The Hall–Kier alpha value is -1.20. The number of sulfonamides is 1. The van der Waals surface area contributed by atoms with Gasteiger partial charge in [0, 0.05) is 22.5 Å². The maximum atomic E-state index is 12.1. The molecule has 1 aromatic carbocycles. The zero-order chi connectivity index (χ0) is 16.5. The first-order valence-electron chi connectivity index (χ1n) is 6.40. The number of nitrogens with two attached hydrogens (primary N) is 1. The van der Waals surface area contributed by atoms with Gasteiger partial charge in [0.25, 0.3) is 0 Å². The van der Waals surface area contributed by atoms with Crippen molar-refractivity contribution in [1.29, 1.82) is 0 Å². The Morgan fingerprint density at radius 2 is 2.18 bits per heavy atom. The van der Waals surface area contributed by atoms with Crippen LogP contribution in [0.3, 0.4) is 0 Å². The quantitative estimate of drug-likeness (QED) is 0.551. The highest BCUT2D eigenvalue weighted by Crippen LogP contribution is 2.30. The number of benzene rings is 1. The molecule has 2 N–H and O–H groups in total. The maximum absolute atomic E-state index is 12.1. The van der Waals surface area contributed by atoms with Crippen molar-refractivity contribution >= 4 is 50.2 Å². The zero-order valence-electron chi connectivity index (χ0n) is 11.8. The van der Waals surface area contributed by atoms with Crippen LogP contribution in [0.5, 0.6) is 0 Å². The molecule has 9 heteroatoms. The second kappa shape index (κ2) is 6.50. The standard InChI is InChI=1S/C13H15IN2O5S/c1-21-13(18)9-2-3-11(10(14)5-9)16-6-8(4-12(16)17)7-22(15,19)20/h2-3,5,8H,4,6-7H2,1H3,(H2,15,19,20). The van der Waals surface area contributed by atoms with Gasteiger partial charge in [-0.3, -0.25) is 4.79 Å². The number of anilines is 1. The summed E-state index contributed by atoms with van der Waals surface area (Å²) >= 11 is 2.03. The van der Waals surface area contributed by atoms with E-state index < -0.39 is 16.0 Å². The number of amides is 1. The van der Waals surface area contributed by atoms with Gasteiger partial charge in [0.1, 0.15) is 0 Å². The lowest BCUT2D eigenvalue weighted by Gasteiger charge is -2.18. The Labute approximate surface area is 142 Å². The van der Waals surface area contributed by atoms with Crippen molar-refractivity contribution in [3.63, 3.8) is 0 Å². The van der Waals surface area contributed by atoms with Crippen LogP contribution in [-0.4, -0.2) is 39.7 Å². The lowest BCUT2D eigenvalue weighted by atomic mass is 10.1. The summed E-state index contributed by atoms with van der Waals surface area (Å²) < 4.78 is 27.7. The lowest BCUT2D eigenvalue weighted by Crippen LogP contribution is -2.28. The van der Waals surface area contributed by atoms with E-state index in [2.05, 4.69) is 4.74 Å². The van der Waals surface area contributed by atoms with Gasteiger partial charge < -0.3 is 9.64 Å². The molecule has 22 heavy (non-hydrogen) atoms. The van der Waals surface area contributed by atoms with E-state index in [0.29, 0.717) is 21.4 Å². The van der Waals surface area contributed by atoms with E-state index >= 15 is 0 Å². The van der Waals surface area contributed by atoms with Crippen molar-refractivity contribution in [2.45, 2.75) is 6.42 Å². The second-order valence-corrected chi connectivity index (χ2v) is 7.88. The molecule has 0 aliphatic carbocycles. The average molecular weight is 438 g/mol. The topological polar surface area (TPSA) is 107 Å². The highest BCUT2D eigenvalue weighted by Gasteiger charge is 2.33. The predicted octanol–water partition coefficient (Wildman–Crippen LogP) is 0.719. The van der Waals surface area contributed by atoms with E-state index in [1.54, 1.807) is 18.2 Å². The summed E-state index contributed by atoms with van der Waals surface area (Å²) in [4.78, 5) is 25.1. The molecule has 1 aromatic rings. The summed E-state index contributed by atoms with van der Waals surface area (Å²) in [6.45, 7) is 0.294. The molecule has 1 aliphatic rings. The summed E-state index contributed by atoms with van der Waals surface area (Å²) in [5.74, 6) is -1.15. The number of methoxy groups -OCH3 is 1. The first-order valence-corrected chi connectivity index (χ1v) is 9.19. The zero-order valence-corrected chi connectivity index (χ0v) is 14.8. The largest absolute Gasteiger partial charge is 0.465 e. The van der Waals surface area contributed by atoms with E-state index in [-0.39, 0.29) is 24.0 Å². The Balaban J connectivity index is 2.22. The number of esters is 1. The van der Waals surface area contributed by atoms with E-state index in [4.69, 9.17) is 5.14 Å². The van der Waals surface area contributed by atoms with Gasteiger partial charge in [0.05, 0.1) is 24.1 Å². The van der Waals surface area contributed by atoms with Crippen LogP contribution in [0.4, 0.5) is 5.69 Å². The molecule has 1 amide bonds. The third kappa shape index (κ3) is 3.96. The molecule has 7 nitrogen and oxygen atoms in total. The summed E-state index contributed by atoms with van der Waals surface area (Å²) in [6.07, 6.45) is 0.144. The SMILES string of the molecule is COC(=O)c1ccc(N2CC(CS(N)(=O)=O)CC2=O)c(I)c1. The Kier molecular flexibility index (Phi) is 5.07. The van der Waals surface area contributed by atoms with Gasteiger partial charge in [0.15, 0.2) is 0 Å². The summed E-state index contributed by atoms with van der Waals surface area (Å²) in [7, 11) is -2.31. The first-order chi connectivity index (χ1) is 10.2. The number of hydrogen-bond donors (Lipinski definition) is 1.